The molecule has 3 aromatic rings. The van der Waals surface area contributed by atoms with E-state index < -0.39 is 5.92 Å². The fraction of sp³-hybridized carbons (Fsp3) is 0.250. The van der Waals surface area contributed by atoms with Gasteiger partial charge in [-0.15, -0.1) is 0 Å². The summed E-state index contributed by atoms with van der Waals surface area (Å²) in [6.07, 6.45) is 0.865. The maximum Gasteiger partial charge on any atom is 0.253 e. The molecular weight excluding hydrogens is 426 g/mol. The summed E-state index contributed by atoms with van der Waals surface area (Å²) in [6.45, 7) is 4.80. The summed E-state index contributed by atoms with van der Waals surface area (Å²) in [5.74, 6) is -1.06. The van der Waals surface area contributed by atoms with E-state index in [0.29, 0.717) is 24.3 Å². The first-order chi connectivity index (χ1) is 16.4. The minimum atomic E-state index is -0.485. The van der Waals surface area contributed by atoms with Crippen molar-refractivity contribution < 1.29 is 14.4 Å². The fourth-order valence-electron chi connectivity index (χ4n) is 4.23. The summed E-state index contributed by atoms with van der Waals surface area (Å²) >= 11 is 0. The average molecular weight is 456 g/mol. The van der Waals surface area contributed by atoms with Crippen molar-refractivity contribution in [1.82, 2.24) is 5.32 Å². The van der Waals surface area contributed by atoms with Crippen molar-refractivity contribution >= 4 is 29.1 Å². The van der Waals surface area contributed by atoms with Crippen LogP contribution in [-0.4, -0.2) is 30.8 Å². The van der Waals surface area contributed by atoms with Gasteiger partial charge in [0.05, 0.1) is 17.2 Å². The quantitative estimate of drug-likeness (QED) is 0.559. The number of aryl methyl sites for hydroxylation is 1. The lowest BCUT2D eigenvalue weighted by atomic mass is 10.1. The Kier molecular flexibility index (Phi) is 7.07. The van der Waals surface area contributed by atoms with Crippen LogP contribution in [-0.2, 0) is 16.0 Å². The molecule has 1 aliphatic heterocycles. The van der Waals surface area contributed by atoms with Gasteiger partial charge in [0.25, 0.3) is 5.91 Å². The van der Waals surface area contributed by atoms with Crippen molar-refractivity contribution in [3.63, 3.8) is 0 Å². The van der Waals surface area contributed by atoms with Crippen LogP contribution in [0.2, 0.25) is 0 Å². The van der Waals surface area contributed by atoms with Crippen LogP contribution in [0.4, 0.5) is 11.4 Å². The van der Waals surface area contributed by atoms with Gasteiger partial charge in [-0.05, 0) is 55.2 Å². The Labute approximate surface area is 200 Å². The van der Waals surface area contributed by atoms with E-state index in [9.17, 15) is 14.4 Å². The molecule has 3 amide bonds. The molecule has 0 radical (unpaired) electrons. The van der Waals surface area contributed by atoms with Crippen LogP contribution in [0.15, 0.2) is 72.8 Å². The Morgan fingerprint density at radius 3 is 2.47 bits per heavy atom. The Morgan fingerprint density at radius 1 is 0.941 bits per heavy atom. The van der Waals surface area contributed by atoms with Crippen LogP contribution in [0.1, 0.15) is 33.5 Å². The predicted octanol–water partition coefficient (Wildman–Crippen LogP) is 4.27. The lowest BCUT2D eigenvalue weighted by Gasteiger charge is -2.20. The third-order valence-corrected chi connectivity index (χ3v) is 6.33. The molecule has 1 heterocycles. The highest BCUT2D eigenvalue weighted by Gasteiger charge is 2.36. The van der Waals surface area contributed by atoms with Gasteiger partial charge in [-0.3, -0.25) is 14.4 Å². The number of hydrogen-bond donors (Lipinski definition) is 2. The van der Waals surface area contributed by atoms with Crippen LogP contribution in [0.5, 0.6) is 0 Å². The number of carbonyl (C=O) groups excluding carboxylic acids is 3. The lowest BCUT2D eigenvalue weighted by Crippen LogP contribution is -2.30. The molecule has 6 heteroatoms. The van der Waals surface area contributed by atoms with E-state index in [1.807, 2.05) is 62.4 Å². The second-order valence-corrected chi connectivity index (χ2v) is 8.65. The monoisotopic (exact) mass is 455 g/mol. The third kappa shape index (κ3) is 5.17. The molecule has 0 spiro atoms. The molecule has 0 aliphatic carbocycles. The number of rotatable bonds is 7. The first-order valence-electron chi connectivity index (χ1n) is 11.5. The van der Waals surface area contributed by atoms with Crippen LogP contribution in [0.25, 0.3) is 0 Å². The minimum Gasteiger partial charge on any atom is -0.352 e. The van der Waals surface area contributed by atoms with E-state index >= 15 is 0 Å². The number of nitrogens with zero attached hydrogens (tertiary/aromatic N) is 1. The van der Waals surface area contributed by atoms with Gasteiger partial charge in [-0.1, -0.05) is 54.6 Å². The standard InChI is InChI=1S/C28H29N3O3/c1-19-9-8-14-25(20(19)2)31-18-22(17-26(31)32)27(33)30-24-13-7-6-12-23(24)28(34)29-16-15-21-10-4-3-5-11-21/h3-14,22H,15-18H2,1-2H3,(H,29,34)(H,30,33)/t22-/m1/s1. The first kappa shape index (κ1) is 23.2. The van der Waals surface area contributed by atoms with E-state index in [-0.39, 0.29) is 24.1 Å². The maximum atomic E-state index is 13.0. The Hall–Kier alpha value is -3.93. The van der Waals surface area contributed by atoms with E-state index in [0.717, 1.165) is 28.8 Å². The molecule has 6 nitrogen and oxygen atoms in total. The van der Waals surface area contributed by atoms with Crippen molar-refractivity contribution in [2.24, 2.45) is 5.92 Å². The Balaban J connectivity index is 1.40. The molecule has 0 unspecified atom stereocenters. The van der Waals surface area contributed by atoms with Crippen LogP contribution in [0, 0.1) is 19.8 Å². The van der Waals surface area contributed by atoms with Gasteiger partial charge < -0.3 is 15.5 Å². The molecule has 2 N–H and O–H groups in total. The van der Waals surface area contributed by atoms with Crippen molar-refractivity contribution in [3.8, 4) is 0 Å². The highest BCUT2D eigenvalue weighted by Crippen LogP contribution is 2.30. The zero-order valence-corrected chi connectivity index (χ0v) is 19.5. The number of anilines is 2. The van der Waals surface area contributed by atoms with Gasteiger partial charge in [0.2, 0.25) is 11.8 Å². The summed E-state index contributed by atoms with van der Waals surface area (Å²) in [5, 5.41) is 5.81. The molecule has 174 valence electrons. The molecule has 1 aliphatic rings. The van der Waals surface area contributed by atoms with Crippen LogP contribution >= 0.6 is 0 Å². The summed E-state index contributed by atoms with van der Waals surface area (Å²) in [5.41, 5.74) is 4.98. The Morgan fingerprint density at radius 2 is 1.68 bits per heavy atom. The second-order valence-electron chi connectivity index (χ2n) is 8.65. The molecule has 0 aromatic heterocycles. The maximum absolute atomic E-state index is 13.0. The van der Waals surface area contributed by atoms with Gasteiger partial charge in [0.1, 0.15) is 0 Å². The van der Waals surface area contributed by atoms with Crippen LogP contribution in [0.3, 0.4) is 0 Å². The predicted molar refractivity (Wildman–Crippen MR) is 134 cm³/mol. The summed E-state index contributed by atoms with van der Waals surface area (Å²) in [6, 6.07) is 22.7. The highest BCUT2D eigenvalue weighted by molar-refractivity contribution is 6.07. The van der Waals surface area contributed by atoms with E-state index in [1.54, 1.807) is 29.2 Å². The number of benzene rings is 3. The molecule has 4 rings (SSSR count). The fourth-order valence-corrected chi connectivity index (χ4v) is 4.23. The summed E-state index contributed by atoms with van der Waals surface area (Å²) < 4.78 is 0. The number of carbonyl (C=O) groups is 3. The molecule has 3 aromatic carbocycles. The molecule has 1 fully saturated rings. The zero-order valence-electron chi connectivity index (χ0n) is 19.5. The molecule has 0 saturated carbocycles. The van der Waals surface area contributed by atoms with Crippen molar-refractivity contribution in [3.05, 3.63) is 95.1 Å². The largest absolute Gasteiger partial charge is 0.352 e. The molecule has 34 heavy (non-hydrogen) atoms. The van der Waals surface area contributed by atoms with Gasteiger partial charge >= 0.3 is 0 Å². The van der Waals surface area contributed by atoms with E-state index in [2.05, 4.69) is 10.6 Å². The van der Waals surface area contributed by atoms with Gasteiger partial charge in [0, 0.05) is 25.2 Å². The van der Waals surface area contributed by atoms with Crippen LogP contribution < -0.4 is 15.5 Å². The van der Waals surface area contributed by atoms with E-state index in [4.69, 9.17) is 0 Å². The van der Waals surface area contributed by atoms with Gasteiger partial charge in [-0.25, -0.2) is 0 Å². The zero-order chi connectivity index (χ0) is 24.1. The first-order valence-corrected chi connectivity index (χ1v) is 11.5. The molecule has 1 atom stereocenters. The molecular formula is C28H29N3O3. The minimum absolute atomic E-state index is 0.0687. The summed E-state index contributed by atoms with van der Waals surface area (Å²) in [7, 11) is 0. The number of nitrogens with one attached hydrogen (secondary N) is 2. The third-order valence-electron chi connectivity index (χ3n) is 6.33. The van der Waals surface area contributed by atoms with E-state index in [1.165, 1.54) is 0 Å². The van der Waals surface area contributed by atoms with Crippen molar-refractivity contribution in [1.29, 1.82) is 0 Å². The average Bonchev–Trinajstić information content (AvgIpc) is 3.23. The SMILES string of the molecule is Cc1cccc(N2C[C@H](C(=O)Nc3ccccc3C(=O)NCCc3ccccc3)CC2=O)c1C. The number of hydrogen-bond acceptors (Lipinski definition) is 3. The molecule has 1 saturated heterocycles. The van der Waals surface area contributed by atoms with Crippen molar-refractivity contribution in [2.75, 3.05) is 23.3 Å². The summed E-state index contributed by atoms with van der Waals surface area (Å²) in [4.78, 5) is 40.2. The van der Waals surface area contributed by atoms with Crippen molar-refractivity contribution in [2.45, 2.75) is 26.7 Å². The normalized spacial score (nSPS) is 15.3. The Bertz CT molecular complexity index is 1210. The van der Waals surface area contributed by atoms with Gasteiger partial charge in [0.15, 0.2) is 0 Å². The smallest absolute Gasteiger partial charge is 0.253 e. The topological polar surface area (TPSA) is 78.5 Å². The van der Waals surface area contributed by atoms with Gasteiger partial charge in [-0.2, -0.15) is 0 Å². The lowest BCUT2D eigenvalue weighted by molar-refractivity contribution is -0.122. The highest BCUT2D eigenvalue weighted by atomic mass is 16.2. The second kappa shape index (κ2) is 10.3. The number of para-hydroxylation sites is 1. The number of amides is 3. The molecule has 0 bridgehead atoms.